The predicted molar refractivity (Wildman–Crippen MR) is 149 cm³/mol. The Balaban J connectivity index is 1.47. The van der Waals surface area contributed by atoms with Crippen molar-refractivity contribution in [1.29, 1.82) is 0 Å². The maximum Gasteiger partial charge on any atom is 0.416 e. The van der Waals surface area contributed by atoms with E-state index in [1.807, 2.05) is 66.7 Å². The van der Waals surface area contributed by atoms with Gasteiger partial charge in [-0.15, -0.1) is 11.6 Å². The zero-order chi connectivity index (χ0) is 25.8. The van der Waals surface area contributed by atoms with Crippen molar-refractivity contribution in [3.05, 3.63) is 94.1 Å². The molecule has 5 nitrogen and oxygen atoms in total. The molecule has 0 fully saturated rings. The van der Waals surface area contributed by atoms with Crippen LogP contribution < -0.4 is 9.47 Å². The van der Waals surface area contributed by atoms with Gasteiger partial charge < -0.3 is 14.5 Å². The number of hydrogen-bond donors (Lipinski definition) is 1. The van der Waals surface area contributed by atoms with Gasteiger partial charge in [0.25, 0.3) is 0 Å². The summed E-state index contributed by atoms with van der Waals surface area (Å²) in [5.41, 5.74) is 5.36. The van der Waals surface area contributed by atoms with Crippen LogP contribution in [0.4, 0.5) is 4.79 Å². The van der Waals surface area contributed by atoms with Gasteiger partial charge in [-0.25, -0.2) is 4.79 Å². The average Bonchev–Trinajstić information content (AvgIpc) is 3.28. The molecule has 37 heavy (non-hydrogen) atoms. The van der Waals surface area contributed by atoms with Gasteiger partial charge in [-0.05, 0) is 78.4 Å². The van der Waals surface area contributed by atoms with Crippen LogP contribution in [-0.2, 0) is 12.8 Å². The first-order valence-corrected chi connectivity index (χ1v) is 13.6. The first-order chi connectivity index (χ1) is 18.1. The first-order valence-electron chi connectivity index (χ1n) is 12.7. The normalized spacial score (nSPS) is 15.0. The van der Waals surface area contributed by atoms with E-state index in [0.717, 1.165) is 47.2 Å². The number of carbonyl (C=O) groups is 1. The van der Waals surface area contributed by atoms with Crippen LogP contribution in [0, 0.1) is 0 Å². The molecule has 1 N–H and O–H groups in total. The Morgan fingerprint density at radius 3 is 2.54 bits per heavy atom. The van der Waals surface area contributed by atoms with Crippen molar-refractivity contribution >= 4 is 40.2 Å². The third-order valence-electron chi connectivity index (χ3n) is 6.73. The van der Waals surface area contributed by atoms with E-state index in [1.54, 1.807) is 4.90 Å². The molecule has 1 amide bonds. The fourth-order valence-corrected chi connectivity index (χ4v) is 5.25. The molecule has 5 rings (SSSR count). The molecule has 0 spiro atoms. The summed E-state index contributed by atoms with van der Waals surface area (Å²) in [6.07, 6.45) is 3.19. The molecule has 1 aromatic heterocycles. The number of aromatic amines is 1. The Bertz CT molecular complexity index is 1370. The number of H-pyrrole nitrogens is 1. The number of nitrogens with one attached hydrogen (secondary N) is 1. The number of benzene rings is 3. The highest BCUT2D eigenvalue weighted by atomic mass is 35.5. The number of ether oxygens (including phenoxy) is 2. The molecule has 7 heteroatoms. The number of amides is 1. The third-order valence-corrected chi connectivity index (χ3v) is 7.24. The number of aromatic nitrogens is 1. The fourth-order valence-electron chi connectivity index (χ4n) is 4.97. The molecular formula is C30H30Cl2N2O3. The van der Waals surface area contributed by atoms with Crippen molar-refractivity contribution < 1.29 is 14.3 Å². The minimum atomic E-state index is -0.377. The molecule has 0 aliphatic carbocycles. The molecule has 0 bridgehead atoms. The topological polar surface area (TPSA) is 54.6 Å². The third kappa shape index (κ3) is 5.58. The van der Waals surface area contributed by atoms with Crippen LogP contribution in [0.2, 0.25) is 5.02 Å². The largest absolute Gasteiger partial charge is 0.494 e. The Morgan fingerprint density at radius 2 is 1.81 bits per heavy atom. The van der Waals surface area contributed by atoms with Crippen LogP contribution >= 0.6 is 23.2 Å². The van der Waals surface area contributed by atoms with Crippen molar-refractivity contribution in [3.63, 3.8) is 0 Å². The smallest absolute Gasteiger partial charge is 0.416 e. The van der Waals surface area contributed by atoms with Crippen LogP contribution in [0.25, 0.3) is 10.9 Å². The molecule has 0 saturated heterocycles. The number of aryl methyl sites for hydroxylation is 1. The van der Waals surface area contributed by atoms with Crippen LogP contribution in [0.5, 0.6) is 11.5 Å². The average molecular weight is 537 g/mol. The van der Waals surface area contributed by atoms with Gasteiger partial charge in [0.1, 0.15) is 17.5 Å². The lowest BCUT2D eigenvalue weighted by Gasteiger charge is -2.35. The molecule has 192 valence electrons. The summed E-state index contributed by atoms with van der Waals surface area (Å²) in [4.78, 5) is 18.9. The van der Waals surface area contributed by atoms with Gasteiger partial charge in [0.15, 0.2) is 0 Å². The number of fused-ring (bicyclic) bond motifs is 3. The number of halogens is 2. The maximum atomic E-state index is 13.5. The Hall–Kier alpha value is -3.15. The molecule has 2 heterocycles. The number of alkyl halides is 1. The van der Waals surface area contributed by atoms with Crippen LogP contribution in [-0.4, -0.2) is 35.0 Å². The zero-order valence-corrected chi connectivity index (χ0v) is 22.3. The number of nitrogens with zero attached hydrogens (tertiary/aromatic N) is 1. The lowest BCUT2D eigenvalue weighted by atomic mass is 9.92. The van der Waals surface area contributed by atoms with E-state index in [9.17, 15) is 4.79 Å². The Labute approximate surface area is 227 Å². The van der Waals surface area contributed by atoms with Crippen LogP contribution in [0.1, 0.15) is 48.2 Å². The number of rotatable bonds is 8. The quantitative estimate of drug-likeness (QED) is 0.183. The summed E-state index contributed by atoms with van der Waals surface area (Å²) in [7, 11) is 0. The Kier molecular flexibility index (Phi) is 7.92. The molecular weight excluding hydrogens is 507 g/mol. The lowest BCUT2D eigenvalue weighted by Crippen LogP contribution is -2.42. The van der Waals surface area contributed by atoms with E-state index < -0.39 is 0 Å². The predicted octanol–water partition coefficient (Wildman–Crippen LogP) is 7.93. The standard InChI is InChI=1S/C30H30Cl2N2O3/c1-2-4-20-5-10-24(11-6-20)37-30(35)34-17-15-25-26-19-22(32)9-14-27(26)33-28(25)29(34)21-7-12-23(13-8-21)36-18-3-16-31/h5-14,19,29,33H,2-4,15-18H2,1H3. The molecule has 1 unspecified atom stereocenters. The van der Waals surface area contributed by atoms with Crippen LogP contribution in [0.3, 0.4) is 0 Å². The zero-order valence-electron chi connectivity index (χ0n) is 20.8. The maximum absolute atomic E-state index is 13.5. The van der Waals surface area contributed by atoms with Gasteiger partial charge >= 0.3 is 6.09 Å². The summed E-state index contributed by atoms with van der Waals surface area (Å²) >= 11 is 12.1. The van der Waals surface area contributed by atoms with Gasteiger partial charge in [-0.1, -0.05) is 49.2 Å². The molecule has 4 aromatic rings. The highest BCUT2D eigenvalue weighted by Crippen LogP contribution is 2.40. The monoisotopic (exact) mass is 536 g/mol. The summed E-state index contributed by atoms with van der Waals surface area (Å²) in [5.74, 6) is 1.88. The summed E-state index contributed by atoms with van der Waals surface area (Å²) in [6.45, 7) is 3.24. The van der Waals surface area contributed by atoms with Gasteiger partial charge in [0, 0.05) is 34.0 Å². The lowest BCUT2D eigenvalue weighted by molar-refractivity contribution is 0.135. The molecule has 1 atom stereocenters. The van der Waals surface area contributed by atoms with Gasteiger partial charge in [0.2, 0.25) is 0 Å². The number of carbonyl (C=O) groups excluding carboxylic acids is 1. The second-order valence-electron chi connectivity index (χ2n) is 9.28. The highest BCUT2D eigenvalue weighted by Gasteiger charge is 2.35. The van der Waals surface area contributed by atoms with Crippen molar-refractivity contribution in [3.8, 4) is 11.5 Å². The van der Waals surface area contributed by atoms with E-state index in [0.29, 0.717) is 36.2 Å². The first kappa shape index (κ1) is 25.5. The summed E-state index contributed by atoms with van der Waals surface area (Å²) in [6, 6.07) is 21.2. The van der Waals surface area contributed by atoms with E-state index in [1.165, 1.54) is 11.1 Å². The van der Waals surface area contributed by atoms with Crippen molar-refractivity contribution in [1.82, 2.24) is 9.88 Å². The summed E-state index contributed by atoms with van der Waals surface area (Å²) < 4.78 is 11.6. The second-order valence-corrected chi connectivity index (χ2v) is 10.1. The summed E-state index contributed by atoms with van der Waals surface area (Å²) in [5, 5.41) is 1.78. The van der Waals surface area contributed by atoms with Gasteiger partial charge in [0.05, 0.1) is 6.61 Å². The van der Waals surface area contributed by atoms with E-state index >= 15 is 0 Å². The fraction of sp³-hybridized carbons (Fsp3) is 0.300. The van der Waals surface area contributed by atoms with Crippen LogP contribution in [0.15, 0.2) is 66.7 Å². The molecule has 1 aliphatic rings. The molecule has 0 radical (unpaired) electrons. The molecule has 3 aromatic carbocycles. The Morgan fingerprint density at radius 1 is 1.05 bits per heavy atom. The van der Waals surface area contributed by atoms with Gasteiger partial charge in [-0.3, -0.25) is 4.90 Å². The van der Waals surface area contributed by atoms with E-state index in [4.69, 9.17) is 32.7 Å². The van der Waals surface area contributed by atoms with Gasteiger partial charge in [-0.2, -0.15) is 0 Å². The van der Waals surface area contributed by atoms with Crippen molar-refractivity contribution in [2.45, 2.75) is 38.6 Å². The molecule has 1 aliphatic heterocycles. The van der Waals surface area contributed by atoms with E-state index in [2.05, 4.69) is 11.9 Å². The highest BCUT2D eigenvalue weighted by molar-refractivity contribution is 6.31. The minimum absolute atomic E-state index is 0.335. The van der Waals surface area contributed by atoms with Crippen molar-refractivity contribution in [2.75, 3.05) is 19.0 Å². The SMILES string of the molecule is CCCc1ccc(OC(=O)N2CCc3c([nH]c4ccc(Cl)cc34)C2c2ccc(OCCCCl)cc2)cc1. The van der Waals surface area contributed by atoms with E-state index in [-0.39, 0.29) is 12.1 Å². The molecule has 0 saturated carbocycles. The number of hydrogen-bond acceptors (Lipinski definition) is 3. The minimum Gasteiger partial charge on any atom is -0.494 e. The second kappa shape index (κ2) is 11.5. The van der Waals surface area contributed by atoms with Crippen molar-refractivity contribution in [2.24, 2.45) is 0 Å².